The summed E-state index contributed by atoms with van der Waals surface area (Å²) in [6, 6.07) is 14.2. The molecule has 7 heteroatoms. The summed E-state index contributed by atoms with van der Waals surface area (Å²) in [5.74, 6) is 0.964. The first-order valence-electron chi connectivity index (χ1n) is 12.4. The predicted molar refractivity (Wildman–Crippen MR) is 130 cm³/mol. The van der Waals surface area contributed by atoms with Gasteiger partial charge in [-0.25, -0.2) is 4.52 Å². The smallest absolute Gasteiger partial charge is 0.257 e. The summed E-state index contributed by atoms with van der Waals surface area (Å²) in [6.45, 7) is 2.21. The van der Waals surface area contributed by atoms with Crippen LogP contribution in [-0.2, 0) is 11.2 Å². The Kier molecular flexibility index (Phi) is 6.79. The van der Waals surface area contributed by atoms with E-state index in [1.54, 1.807) is 15.6 Å². The van der Waals surface area contributed by atoms with Crippen LogP contribution in [-0.4, -0.2) is 63.5 Å². The first kappa shape index (κ1) is 22.4. The molecule has 4 heterocycles. The fourth-order valence-electron chi connectivity index (χ4n) is 5.18. The van der Waals surface area contributed by atoms with Crippen LogP contribution in [0.2, 0.25) is 0 Å². The lowest BCUT2D eigenvalue weighted by atomic mass is 9.95. The highest BCUT2D eigenvalue weighted by Gasteiger charge is 2.27. The van der Waals surface area contributed by atoms with Crippen LogP contribution in [0.1, 0.15) is 54.4 Å². The second kappa shape index (κ2) is 10.3. The van der Waals surface area contributed by atoms with Crippen molar-refractivity contribution in [3.8, 4) is 5.75 Å². The van der Waals surface area contributed by atoms with Crippen LogP contribution in [0.4, 0.5) is 0 Å². The van der Waals surface area contributed by atoms with Crippen molar-refractivity contribution < 1.29 is 14.3 Å². The third-order valence-corrected chi connectivity index (χ3v) is 7.00. The number of carbonyl (C=O) groups is 2. The zero-order valence-corrected chi connectivity index (χ0v) is 19.6. The molecule has 2 aliphatic rings. The molecule has 34 heavy (non-hydrogen) atoms. The monoisotopic (exact) mass is 460 g/mol. The van der Waals surface area contributed by atoms with Crippen molar-refractivity contribution in [2.45, 2.75) is 51.0 Å². The number of nitrogens with zero attached hydrogens (tertiary/aromatic N) is 4. The molecule has 3 aromatic rings. The fourth-order valence-corrected chi connectivity index (χ4v) is 5.18. The minimum absolute atomic E-state index is 0.0776. The lowest BCUT2D eigenvalue weighted by molar-refractivity contribution is -0.135. The standard InChI is InChI=1S/C27H32N4O3/c32-26-11-6-14-29(27(33)24-20-28-31-16-4-2-10-25(24)31)17-18-34-23-9-5-7-21(19-23)12-13-22-8-1-3-15-30(22)26/h2,4-5,7,9-10,16,19-20,22H,1,3,6,8,11-15,17-18H2. The maximum Gasteiger partial charge on any atom is 0.257 e. The van der Waals surface area contributed by atoms with E-state index in [1.807, 2.05) is 36.5 Å². The fraction of sp³-hybridized carbons (Fsp3) is 0.444. The SMILES string of the molecule is O=C(c1cnn2ccccc12)N1CCCC(=O)N2CCCCC2CCc2cccc(c2)OCC1. The molecule has 2 bridgehead atoms. The van der Waals surface area contributed by atoms with Crippen molar-refractivity contribution in [3.63, 3.8) is 0 Å². The summed E-state index contributed by atoms with van der Waals surface area (Å²) in [4.78, 5) is 30.5. The normalized spacial score (nSPS) is 20.2. The zero-order valence-electron chi connectivity index (χ0n) is 19.6. The average molecular weight is 461 g/mol. The summed E-state index contributed by atoms with van der Waals surface area (Å²) in [6.07, 6.45) is 9.80. The number of fused-ring (bicyclic) bond motifs is 4. The number of hydrogen-bond donors (Lipinski definition) is 0. The minimum atomic E-state index is -0.0776. The van der Waals surface area contributed by atoms with E-state index in [4.69, 9.17) is 4.74 Å². The second-order valence-electron chi connectivity index (χ2n) is 9.26. The summed E-state index contributed by atoms with van der Waals surface area (Å²) in [7, 11) is 0. The van der Waals surface area contributed by atoms with Gasteiger partial charge in [-0.1, -0.05) is 18.2 Å². The number of rotatable bonds is 1. The minimum Gasteiger partial charge on any atom is -0.492 e. The van der Waals surface area contributed by atoms with Crippen LogP contribution < -0.4 is 4.74 Å². The molecular formula is C27H32N4O3. The molecule has 1 aromatic carbocycles. The Morgan fingerprint density at radius 1 is 0.971 bits per heavy atom. The lowest BCUT2D eigenvalue weighted by Crippen LogP contribution is -2.44. The Hall–Kier alpha value is -3.35. The highest BCUT2D eigenvalue weighted by Crippen LogP contribution is 2.24. The maximum absolute atomic E-state index is 13.5. The van der Waals surface area contributed by atoms with Crippen LogP contribution in [0.5, 0.6) is 5.75 Å². The third-order valence-electron chi connectivity index (χ3n) is 7.00. The van der Waals surface area contributed by atoms with Gasteiger partial charge in [0.2, 0.25) is 5.91 Å². The van der Waals surface area contributed by atoms with E-state index in [0.717, 1.165) is 43.5 Å². The molecule has 1 unspecified atom stereocenters. The quantitative estimate of drug-likeness (QED) is 0.551. The molecule has 5 rings (SSSR count). The predicted octanol–water partition coefficient (Wildman–Crippen LogP) is 3.96. The van der Waals surface area contributed by atoms with E-state index >= 15 is 0 Å². The van der Waals surface area contributed by atoms with Crippen LogP contribution >= 0.6 is 0 Å². The van der Waals surface area contributed by atoms with Crippen LogP contribution in [0.15, 0.2) is 54.9 Å². The summed E-state index contributed by atoms with van der Waals surface area (Å²) in [5.41, 5.74) is 2.58. The van der Waals surface area contributed by atoms with Crippen molar-refractivity contribution in [2.75, 3.05) is 26.2 Å². The Morgan fingerprint density at radius 2 is 1.91 bits per heavy atom. The van der Waals surface area contributed by atoms with E-state index in [0.29, 0.717) is 44.1 Å². The Labute approximate surface area is 200 Å². The summed E-state index contributed by atoms with van der Waals surface area (Å²) in [5, 5.41) is 4.32. The van der Waals surface area contributed by atoms with E-state index in [2.05, 4.69) is 22.1 Å². The molecule has 2 aromatic heterocycles. The third kappa shape index (κ3) is 4.93. The number of piperidine rings is 1. The summed E-state index contributed by atoms with van der Waals surface area (Å²) < 4.78 is 7.75. The van der Waals surface area contributed by atoms with Gasteiger partial charge in [-0.2, -0.15) is 5.10 Å². The lowest BCUT2D eigenvalue weighted by Gasteiger charge is -2.36. The first-order valence-corrected chi connectivity index (χ1v) is 12.4. The second-order valence-corrected chi connectivity index (χ2v) is 9.26. The first-order chi connectivity index (χ1) is 16.7. The van der Waals surface area contributed by atoms with Crippen molar-refractivity contribution in [1.29, 1.82) is 0 Å². The number of carbonyl (C=O) groups excluding carboxylic acids is 2. The van der Waals surface area contributed by atoms with Crippen LogP contribution in [0.25, 0.3) is 5.52 Å². The topological polar surface area (TPSA) is 67.2 Å². The van der Waals surface area contributed by atoms with Gasteiger partial charge in [0, 0.05) is 31.7 Å². The van der Waals surface area contributed by atoms with Gasteiger partial charge in [-0.15, -0.1) is 0 Å². The van der Waals surface area contributed by atoms with Gasteiger partial charge in [-0.05, 0) is 68.4 Å². The number of amides is 2. The largest absolute Gasteiger partial charge is 0.492 e. The molecule has 0 saturated carbocycles. The van der Waals surface area contributed by atoms with Crippen molar-refractivity contribution >= 4 is 17.3 Å². The van der Waals surface area contributed by atoms with E-state index in [-0.39, 0.29) is 11.8 Å². The Morgan fingerprint density at radius 3 is 2.85 bits per heavy atom. The van der Waals surface area contributed by atoms with Gasteiger partial charge >= 0.3 is 0 Å². The van der Waals surface area contributed by atoms with Gasteiger partial charge in [0.15, 0.2) is 0 Å². The van der Waals surface area contributed by atoms with Crippen LogP contribution in [0.3, 0.4) is 0 Å². The number of aromatic nitrogens is 2. The molecule has 2 aliphatic heterocycles. The Balaban J connectivity index is 1.37. The molecule has 0 aliphatic carbocycles. The van der Waals surface area contributed by atoms with E-state index < -0.39 is 0 Å². The molecule has 1 atom stereocenters. The van der Waals surface area contributed by atoms with E-state index in [9.17, 15) is 9.59 Å². The summed E-state index contributed by atoms with van der Waals surface area (Å²) >= 11 is 0. The van der Waals surface area contributed by atoms with Crippen LogP contribution in [0, 0.1) is 0 Å². The molecule has 7 nitrogen and oxygen atoms in total. The number of ether oxygens (including phenoxy) is 1. The van der Waals surface area contributed by atoms with Gasteiger partial charge in [0.05, 0.1) is 23.8 Å². The maximum atomic E-state index is 13.5. The molecule has 0 radical (unpaired) electrons. The molecular weight excluding hydrogens is 428 g/mol. The van der Waals surface area contributed by atoms with Gasteiger partial charge in [0.1, 0.15) is 12.4 Å². The average Bonchev–Trinajstić information content (AvgIpc) is 3.30. The number of benzene rings is 1. The van der Waals surface area contributed by atoms with Crippen molar-refractivity contribution in [2.24, 2.45) is 0 Å². The Bertz CT molecular complexity index is 1160. The molecule has 0 spiro atoms. The zero-order chi connectivity index (χ0) is 23.3. The van der Waals surface area contributed by atoms with Crippen molar-refractivity contribution in [1.82, 2.24) is 19.4 Å². The van der Waals surface area contributed by atoms with Gasteiger partial charge < -0.3 is 14.5 Å². The highest BCUT2D eigenvalue weighted by atomic mass is 16.5. The van der Waals surface area contributed by atoms with Gasteiger partial charge in [0.25, 0.3) is 5.91 Å². The van der Waals surface area contributed by atoms with Gasteiger partial charge in [-0.3, -0.25) is 9.59 Å². The number of aryl methyl sites for hydroxylation is 1. The number of hydrogen-bond acceptors (Lipinski definition) is 4. The van der Waals surface area contributed by atoms with E-state index in [1.165, 1.54) is 12.0 Å². The molecule has 1 fully saturated rings. The molecule has 0 N–H and O–H groups in total. The highest BCUT2D eigenvalue weighted by molar-refractivity contribution is 6.00. The van der Waals surface area contributed by atoms with Crippen molar-refractivity contribution in [3.05, 3.63) is 66.0 Å². The molecule has 178 valence electrons. The molecule has 2 amide bonds. The molecule has 1 saturated heterocycles. The number of pyridine rings is 1.